The van der Waals surface area contributed by atoms with Crippen LogP contribution in [0.5, 0.6) is 0 Å². The molecular weight excluding hydrogens is 218 g/mol. The highest BCUT2D eigenvalue weighted by atomic mass is 16.2. The van der Waals surface area contributed by atoms with Gasteiger partial charge in [0, 0.05) is 13.1 Å². The molecule has 5 heteroatoms. The summed E-state index contributed by atoms with van der Waals surface area (Å²) in [6, 6.07) is -0.299. The Kier molecular flexibility index (Phi) is 3.66. The minimum Gasteiger partial charge on any atom is -0.341 e. The monoisotopic (exact) mass is 239 g/mol. The molecule has 0 aromatic carbocycles. The highest BCUT2D eigenvalue weighted by Gasteiger charge is 2.40. The second-order valence-electron chi connectivity index (χ2n) is 5.24. The van der Waals surface area contributed by atoms with Gasteiger partial charge in [-0.05, 0) is 38.0 Å². The molecule has 4 atom stereocenters. The summed E-state index contributed by atoms with van der Waals surface area (Å²) in [4.78, 5) is 22.7. The molecular formula is C12H21N3O2. The number of amides is 3. The first-order valence-corrected chi connectivity index (χ1v) is 6.38. The van der Waals surface area contributed by atoms with Gasteiger partial charge in [0.1, 0.15) is 0 Å². The average molecular weight is 239 g/mol. The molecule has 0 saturated heterocycles. The largest absolute Gasteiger partial charge is 0.341 e. The molecule has 3 amide bonds. The third-order valence-electron chi connectivity index (χ3n) is 4.06. The van der Waals surface area contributed by atoms with Crippen molar-refractivity contribution in [3.8, 4) is 0 Å². The fourth-order valence-corrected chi connectivity index (χ4v) is 3.13. The molecule has 2 bridgehead atoms. The molecule has 0 spiro atoms. The lowest BCUT2D eigenvalue weighted by atomic mass is 9.95. The quantitative estimate of drug-likeness (QED) is 0.676. The van der Waals surface area contributed by atoms with E-state index in [1.807, 2.05) is 6.92 Å². The van der Waals surface area contributed by atoms with E-state index in [9.17, 15) is 9.59 Å². The van der Waals surface area contributed by atoms with Gasteiger partial charge in [0.05, 0.1) is 6.04 Å². The first kappa shape index (κ1) is 12.4. The number of nitrogens with one attached hydrogen (secondary N) is 3. The third-order valence-corrected chi connectivity index (χ3v) is 4.06. The zero-order valence-corrected chi connectivity index (χ0v) is 10.5. The first-order valence-electron chi connectivity index (χ1n) is 6.38. The number of urea groups is 1. The van der Waals surface area contributed by atoms with Crippen LogP contribution in [0.2, 0.25) is 0 Å². The van der Waals surface area contributed by atoms with Crippen molar-refractivity contribution in [2.75, 3.05) is 7.05 Å². The van der Waals surface area contributed by atoms with Crippen LogP contribution >= 0.6 is 0 Å². The molecule has 0 aromatic rings. The lowest BCUT2D eigenvalue weighted by Gasteiger charge is -2.26. The van der Waals surface area contributed by atoms with Gasteiger partial charge in [0.25, 0.3) is 0 Å². The first-order chi connectivity index (χ1) is 8.10. The van der Waals surface area contributed by atoms with E-state index in [-0.39, 0.29) is 11.9 Å². The molecule has 2 rings (SSSR count). The fraction of sp³-hybridized carbons (Fsp3) is 0.833. The van der Waals surface area contributed by atoms with E-state index in [2.05, 4.69) is 16.0 Å². The highest BCUT2D eigenvalue weighted by molar-refractivity contribution is 5.96. The van der Waals surface area contributed by atoms with Gasteiger partial charge in [-0.2, -0.15) is 0 Å². The number of rotatable bonds is 3. The van der Waals surface area contributed by atoms with Gasteiger partial charge < -0.3 is 10.6 Å². The molecule has 2 aliphatic rings. The lowest BCUT2D eigenvalue weighted by molar-refractivity contribution is -0.121. The summed E-state index contributed by atoms with van der Waals surface area (Å²) >= 11 is 0. The number of fused-ring (bicyclic) bond motifs is 2. The molecule has 17 heavy (non-hydrogen) atoms. The van der Waals surface area contributed by atoms with Crippen molar-refractivity contribution in [2.45, 2.75) is 44.7 Å². The van der Waals surface area contributed by atoms with Gasteiger partial charge >= 0.3 is 6.03 Å². The molecule has 2 aliphatic carbocycles. The third kappa shape index (κ3) is 2.77. The van der Waals surface area contributed by atoms with Gasteiger partial charge in [-0.15, -0.1) is 0 Å². The molecule has 5 nitrogen and oxygen atoms in total. The summed E-state index contributed by atoms with van der Waals surface area (Å²) in [5.41, 5.74) is 0. The Hall–Kier alpha value is -1.10. The van der Waals surface area contributed by atoms with E-state index < -0.39 is 6.03 Å². The van der Waals surface area contributed by atoms with Crippen molar-refractivity contribution in [3.63, 3.8) is 0 Å². The number of hydrogen-bond donors (Lipinski definition) is 3. The normalized spacial score (nSPS) is 32.2. The summed E-state index contributed by atoms with van der Waals surface area (Å²) < 4.78 is 0. The van der Waals surface area contributed by atoms with Gasteiger partial charge in [-0.1, -0.05) is 6.42 Å². The maximum absolute atomic E-state index is 11.7. The molecule has 96 valence electrons. The Morgan fingerprint density at radius 2 is 2.00 bits per heavy atom. The van der Waals surface area contributed by atoms with Crippen molar-refractivity contribution < 1.29 is 9.59 Å². The van der Waals surface area contributed by atoms with Crippen molar-refractivity contribution in [3.05, 3.63) is 0 Å². The molecule has 2 fully saturated rings. The molecule has 2 saturated carbocycles. The van der Waals surface area contributed by atoms with E-state index in [0.717, 1.165) is 11.8 Å². The summed E-state index contributed by atoms with van der Waals surface area (Å²) in [7, 11) is 1.50. The molecule has 0 aromatic heterocycles. The predicted molar refractivity (Wildman–Crippen MR) is 64.4 cm³/mol. The summed E-state index contributed by atoms with van der Waals surface area (Å²) in [5.74, 6) is 1.33. The Balaban J connectivity index is 1.78. The molecule has 4 unspecified atom stereocenters. The van der Waals surface area contributed by atoms with Gasteiger partial charge in [0.15, 0.2) is 0 Å². The van der Waals surface area contributed by atoms with Crippen LogP contribution in [0.3, 0.4) is 0 Å². The van der Waals surface area contributed by atoms with Gasteiger partial charge in [-0.3, -0.25) is 10.1 Å². The number of imide groups is 1. The number of carbonyl (C=O) groups is 2. The minimum absolute atomic E-state index is 0.257. The van der Waals surface area contributed by atoms with E-state index in [0.29, 0.717) is 6.04 Å². The van der Waals surface area contributed by atoms with Crippen LogP contribution in [0.4, 0.5) is 4.79 Å². The SMILES string of the molecule is CNC(=O)NC(=O)C(C)NC1CC2CCC1C2. The van der Waals surface area contributed by atoms with Gasteiger partial charge in [0.2, 0.25) is 5.91 Å². The van der Waals surface area contributed by atoms with E-state index >= 15 is 0 Å². The van der Waals surface area contributed by atoms with Crippen LogP contribution in [0, 0.1) is 11.8 Å². The minimum atomic E-state index is -0.448. The zero-order chi connectivity index (χ0) is 12.4. The number of carbonyl (C=O) groups excluding carboxylic acids is 2. The van der Waals surface area contributed by atoms with Crippen molar-refractivity contribution in [1.82, 2.24) is 16.0 Å². The molecule has 0 aliphatic heterocycles. The Bertz CT molecular complexity index is 319. The maximum Gasteiger partial charge on any atom is 0.321 e. The standard InChI is InChI=1S/C12H21N3O2/c1-7(11(16)15-12(17)13-2)14-10-6-8-3-4-9(10)5-8/h7-10,14H,3-6H2,1-2H3,(H2,13,15,16,17). The second kappa shape index (κ2) is 5.04. The Morgan fingerprint density at radius 1 is 1.24 bits per heavy atom. The highest BCUT2D eigenvalue weighted by Crippen LogP contribution is 2.44. The van der Waals surface area contributed by atoms with Crippen LogP contribution in [-0.2, 0) is 4.79 Å². The zero-order valence-electron chi connectivity index (χ0n) is 10.5. The van der Waals surface area contributed by atoms with Crippen LogP contribution in [0.15, 0.2) is 0 Å². The van der Waals surface area contributed by atoms with Crippen molar-refractivity contribution >= 4 is 11.9 Å². The van der Waals surface area contributed by atoms with Crippen molar-refractivity contribution in [2.24, 2.45) is 11.8 Å². The Morgan fingerprint density at radius 3 is 2.53 bits per heavy atom. The summed E-state index contributed by atoms with van der Waals surface area (Å²) in [5, 5.41) is 8.02. The summed E-state index contributed by atoms with van der Waals surface area (Å²) in [6.45, 7) is 1.81. The topological polar surface area (TPSA) is 70.2 Å². The lowest BCUT2D eigenvalue weighted by Crippen LogP contribution is -2.51. The van der Waals surface area contributed by atoms with Crippen LogP contribution in [0.1, 0.15) is 32.6 Å². The molecule has 0 heterocycles. The van der Waals surface area contributed by atoms with E-state index in [1.165, 1.54) is 32.7 Å². The predicted octanol–water partition coefficient (Wildman–Crippen LogP) is 0.609. The van der Waals surface area contributed by atoms with E-state index in [1.54, 1.807) is 0 Å². The Labute approximate surface area is 102 Å². The van der Waals surface area contributed by atoms with Crippen LogP contribution in [-0.4, -0.2) is 31.1 Å². The average Bonchev–Trinajstić information content (AvgIpc) is 2.90. The number of hydrogen-bond acceptors (Lipinski definition) is 3. The summed E-state index contributed by atoms with van der Waals surface area (Å²) in [6.07, 6.45) is 5.12. The smallest absolute Gasteiger partial charge is 0.321 e. The van der Waals surface area contributed by atoms with Crippen LogP contribution < -0.4 is 16.0 Å². The van der Waals surface area contributed by atoms with Crippen LogP contribution in [0.25, 0.3) is 0 Å². The van der Waals surface area contributed by atoms with E-state index in [4.69, 9.17) is 0 Å². The maximum atomic E-state index is 11.7. The van der Waals surface area contributed by atoms with Gasteiger partial charge in [-0.25, -0.2) is 4.79 Å². The van der Waals surface area contributed by atoms with Crippen molar-refractivity contribution in [1.29, 1.82) is 0 Å². The molecule has 3 N–H and O–H groups in total. The molecule has 0 radical (unpaired) electrons. The second-order valence-corrected chi connectivity index (χ2v) is 5.24. The fourth-order valence-electron chi connectivity index (χ4n) is 3.13.